The Balaban J connectivity index is 1.67. The van der Waals surface area contributed by atoms with Gasteiger partial charge in [-0.1, -0.05) is 18.2 Å². The molecule has 1 heterocycles. The topological polar surface area (TPSA) is 20.3 Å². The zero-order valence-electron chi connectivity index (χ0n) is 11.5. The number of halogens is 2. The molecule has 108 valence electrons. The van der Waals surface area contributed by atoms with Crippen LogP contribution in [0.3, 0.4) is 0 Å². The minimum Gasteiger partial charge on any atom is -0.370 e. The molecule has 0 aromatic heterocycles. The number of anilines is 1. The maximum absolute atomic E-state index is 13.3. The lowest BCUT2D eigenvalue weighted by molar-refractivity contribution is 0.0984. The predicted molar refractivity (Wildman–Crippen MR) is 77.7 cm³/mol. The summed E-state index contributed by atoms with van der Waals surface area (Å²) in [6, 6.07) is 10.5. The van der Waals surface area contributed by atoms with Crippen molar-refractivity contribution >= 4 is 11.5 Å². The lowest BCUT2D eigenvalue weighted by Crippen LogP contribution is -2.24. The van der Waals surface area contributed by atoms with E-state index in [1.807, 2.05) is 4.90 Å². The van der Waals surface area contributed by atoms with Crippen molar-refractivity contribution in [2.45, 2.75) is 12.8 Å². The van der Waals surface area contributed by atoms with E-state index in [1.54, 1.807) is 12.1 Å². The van der Waals surface area contributed by atoms with Crippen LogP contribution in [0.5, 0.6) is 0 Å². The van der Waals surface area contributed by atoms with Crippen LogP contribution in [0, 0.1) is 11.6 Å². The number of hydrogen-bond donors (Lipinski definition) is 0. The van der Waals surface area contributed by atoms with Gasteiger partial charge in [0.15, 0.2) is 5.78 Å². The molecule has 0 radical (unpaired) electrons. The summed E-state index contributed by atoms with van der Waals surface area (Å²) >= 11 is 0. The van der Waals surface area contributed by atoms with Gasteiger partial charge in [-0.05, 0) is 36.2 Å². The van der Waals surface area contributed by atoms with Crippen LogP contribution >= 0.6 is 0 Å². The fraction of sp³-hybridized carbons (Fsp3) is 0.235. The van der Waals surface area contributed by atoms with E-state index in [1.165, 1.54) is 30.3 Å². The van der Waals surface area contributed by atoms with Crippen molar-refractivity contribution in [3.63, 3.8) is 0 Å². The Morgan fingerprint density at radius 2 is 1.90 bits per heavy atom. The number of nitrogens with zero attached hydrogens (tertiary/aromatic N) is 1. The number of fused-ring (bicyclic) bond motifs is 1. The molecule has 2 aromatic carbocycles. The van der Waals surface area contributed by atoms with E-state index in [4.69, 9.17) is 0 Å². The Morgan fingerprint density at radius 3 is 2.71 bits per heavy atom. The Bertz CT molecular complexity index is 684. The minimum absolute atomic E-state index is 0.0978. The van der Waals surface area contributed by atoms with Crippen molar-refractivity contribution < 1.29 is 13.6 Å². The van der Waals surface area contributed by atoms with Gasteiger partial charge in [-0.25, -0.2) is 8.78 Å². The first-order valence-electron chi connectivity index (χ1n) is 6.95. The lowest BCUT2D eigenvalue weighted by atomic mass is 10.1. The molecule has 0 aliphatic carbocycles. The van der Waals surface area contributed by atoms with Gasteiger partial charge in [-0.3, -0.25) is 4.79 Å². The van der Waals surface area contributed by atoms with Gasteiger partial charge in [0.2, 0.25) is 0 Å². The summed E-state index contributed by atoms with van der Waals surface area (Å²) in [7, 11) is 0. The van der Waals surface area contributed by atoms with Gasteiger partial charge in [0, 0.05) is 30.8 Å². The summed E-state index contributed by atoms with van der Waals surface area (Å²) < 4.78 is 26.4. The van der Waals surface area contributed by atoms with Crippen molar-refractivity contribution in [2.75, 3.05) is 18.0 Å². The van der Waals surface area contributed by atoms with Crippen LogP contribution in [0.4, 0.5) is 14.5 Å². The van der Waals surface area contributed by atoms with Gasteiger partial charge in [0.25, 0.3) is 0 Å². The monoisotopic (exact) mass is 287 g/mol. The Labute approximate surface area is 122 Å². The number of rotatable bonds is 4. The van der Waals surface area contributed by atoms with Gasteiger partial charge in [0.1, 0.15) is 11.6 Å². The molecule has 2 nitrogen and oxygen atoms in total. The first-order chi connectivity index (χ1) is 10.1. The van der Waals surface area contributed by atoms with E-state index in [0.717, 1.165) is 24.2 Å². The fourth-order valence-electron chi connectivity index (χ4n) is 2.69. The normalized spacial score (nSPS) is 13.3. The van der Waals surface area contributed by atoms with Crippen LogP contribution in [0.1, 0.15) is 22.3 Å². The molecule has 0 saturated heterocycles. The number of Topliss-reactive ketones (excluding diaryl/α,β-unsaturated/α-hetero) is 1. The zero-order valence-corrected chi connectivity index (χ0v) is 11.5. The fourth-order valence-corrected chi connectivity index (χ4v) is 2.69. The van der Waals surface area contributed by atoms with Gasteiger partial charge in [-0.15, -0.1) is 0 Å². The standard InChI is InChI=1S/C17H15F2NO/c18-14-3-1-2-13(10-14)17(21)7-9-20-8-6-12-4-5-15(19)11-16(12)20/h1-5,10-11H,6-9H2. The number of hydrogen-bond acceptors (Lipinski definition) is 2. The van der Waals surface area contributed by atoms with E-state index in [2.05, 4.69) is 0 Å². The molecule has 0 bridgehead atoms. The van der Waals surface area contributed by atoms with Crippen molar-refractivity contribution in [3.8, 4) is 0 Å². The Kier molecular flexibility index (Phi) is 3.69. The number of carbonyl (C=O) groups excluding carboxylic acids is 1. The average Bonchev–Trinajstić information content (AvgIpc) is 2.87. The summed E-state index contributed by atoms with van der Waals surface area (Å²) in [5.41, 5.74) is 2.35. The van der Waals surface area contributed by atoms with Crippen LogP contribution in [0.15, 0.2) is 42.5 Å². The average molecular weight is 287 g/mol. The molecule has 3 rings (SSSR count). The van der Waals surface area contributed by atoms with Crippen molar-refractivity contribution in [1.29, 1.82) is 0 Å². The maximum atomic E-state index is 13.3. The van der Waals surface area contributed by atoms with Crippen LogP contribution in [0.2, 0.25) is 0 Å². The number of carbonyl (C=O) groups is 1. The molecule has 0 amide bonds. The Morgan fingerprint density at radius 1 is 1.10 bits per heavy atom. The van der Waals surface area contributed by atoms with E-state index in [-0.39, 0.29) is 11.6 Å². The lowest BCUT2D eigenvalue weighted by Gasteiger charge is -2.18. The first-order valence-corrected chi connectivity index (χ1v) is 6.95. The van der Waals surface area contributed by atoms with Gasteiger partial charge < -0.3 is 4.90 Å². The molecular formula is C17H15F2NO. The maximum Gasteiger partial charge on any atom is 0.164 e. The quantitative estimate of drug-likeness (QED) is 0.801. The predicted octanol–water partition coefficient (Wildman–Crippen LogP) is 3.60. The van der Waals surface area contributed by atoms with Crippen LogP contribution in [0.25, 0.3) is 0 Å². The zero-order chi connectivity index (χ0) is 14.8. The van der Waals surface area contributed by atoms with Crippen molar-refractivity contribution in [1.82, 2.24) is 0 Å². The van der Waals surface area contributed by atoms with Crippen molar-refractivity contribution in [3.05, 3.63) is 65.2 Å². The molecule has 2 aromatic rings. The summed E-state index contributed by atoms with van der Waals surface area (Å²) in [4.78, 5) is 14.1. The highest BCUT2D eigenvalue weighted by Crippen LogP contribution is 2.28. The second-order valence-electron chi connectivity index (χ2n) is 5.19. The Hall–Kier alpha value is -2.23. The first kappa shape index (κ1) is 13.7. The summed E-state index contributed by atoms with van der Waals surface area (Å²) in [6.07, 6.45) is 1.16. The molecular weight excluding hydrogens is 272 g/mol. The smallest absolute Gasteiger partial charge is 0.164 e. The van der Waals surface area contributed by atoms with E-state index in [9.17, 15) is 13.6 Å². The van der Waals surface area contributed by atoms with E-state index in [0.29, 0.717) is 18.5 Å². The summed E-state index contributed by atoms with van der Waals surface area (Å²) in [6.45, 7) is 1.31. The molecule has 1 aliphatic heterocycles. The van der Waals surface area contributed by atoms with Crippen LogP contribution in [-0.4, -0.2) is 18.9 Å². The number of benzene rings is 2. The SMILES string of the molecule is O=C(CCN1CCc2ccc(F)cc21)c1cccc(F)c1. The minimum atomic E-state index is -0.408. The molecule has 0 spiro atoms. The van der Waals surface area contributed by atoms with Crippen LogP contribution in [-0.2, 0) is 6.42 Å². The molecule has 0 unspecified atom stereocenters. The third-order valence-electron chi connectivity index (χ3n) is 3.79. The number of ketones is 1. The molecule has 0 N–H and O–H groups in total. The van der Waals surface area contributed by atoms with Gasteiger partial charge in [0.05, 0.1) is 0 Å². The van der Waals surface area contributed by atoms with E-state index >= 15 is 0 Å². The van der Waals surface area contributed by atoms with Gasteiger partial charge >= 0.3 is 0 Å². The molecule has 0 saturated carbocycles. The second-order valence-corrected chi connectivity index (χ2v) is 5.19. The highest BCUT2D eigenvalue weighted by molar-refractivity contribution is 5.96. The molecule has 4 heteroatoms. The summed E-state index contributed by atoms with van der Waals surface area (Å²) in [5, 5.41) is 0. The summed E-state index contributed by atoms with van der Waals surface area (Å²) in [5.74, 6) is -0.772. The van der Waals surface area contributed by atoms with Crippen molar-refractivity contribution in [2.24, 2.45) is 0 Å². The molecule has 0 atom stereocenters. The third-order valence-corrected chi connectivity index (χ3v) is 3.79. The highest BCUT2D eigenvalue weighted by atomic mass is 19.1. The van der Waals surface area contributed by atoms with E-state index < -0.39 is 5.82 Å². The molecule has 0 fully saturated rings. The van der Waals surface area contributed by atoms with Gasteiger partial charge in [-0.2, -0.15) is 0 Å². The highest BCUT2D eigenvalue weighted by Gasteiger charge is 2.20. The van der Waals surface area contributed by atoms with Crippen LogP contribution < -0.4 is 4.90 Å². The third kappa shape index (κ3) is 2.94. The second kappa shape index (κ2) is 5.64. The molecule has 1 aliphatic rings. The largest absolute Gasteiger partial charge is 0.370 e. The molecule has 21 heavy (non-hydrogen) atoms.